The molecule has 180 valence electrons. The van der Waals surface area contributed by atoms with Crippen LogP contribution in [0.15, 0.2) is 71.8 Å². The van der Waals surface area contributed by atoms with Crippen LogP contribution in [-0.2, 0) is 25.9 Å². The third-order valence-electron chi connectivity index (χ3n) is 7.54. The average Bonchev–Trinajstić information content (AvgIpc) is 3.27. The van der Waals surface area contributed by atoms with Gasteiger partial charge >= 0.3 is 0 Å². The first kappa shape index (κ1) is 22.7. The Hall–Kier alpha value is -2.80. The summed E-state index contributed by atoms with van der Waals surface area (Å²) in [4.78, 5) is 22.8. The summed E-state index contributed by atoms with van der Waals surface area (Å²) in [5.41, 5.74) is 3.88. The zero-order valence-electron chi connectivity index (χ0n) is 20.0. The van der Waals surface area contributed by atoms with Gasteiger partial charge in [0.05, 0.1) is 18.3 Å². The summed E-state index contributed by atoms with van der Waals surface area (Å²) in [5.74, 6) is 0. The van der Waals surface area contributed by atoms with E-state index < -0.39 is 0 Å². The molecule has 3 heterocycles. The summed E-state index contributed by atoms with van der Waals surface area (Å²) < 4.78 is 1.76. The van der Waals surface area contributed by atoms with Crippen molar-refractivity contribution in [1.82, 2.24) is 19.8 Å². The monoisotopic (exact) mass is 484 g/mol. The van der Waals surface area contributed by atoms with Crippen molar-refractivity contribution in [2.75, 3.05) is 13.1 Å². The number of nitrogens with zero attached hydrogens (tertiary/aromatic N) is 3. The van der Waals surface area contributed by atoms with E-state index in [4.69, 9.17) is 0 Å². The summed E-state index contributed by atoms with van der Waals surface area (Å²) in [6, 6.07) is 22.0. The molecule has 5 nitrogen and oxygen atoms in total. The highest BCUT2D eigenvalue weighted by Crippen LogP contribution is 2.34. The fourth-order valence-electron chi connectivity index (χ4n) is 5.67. The van der Waals surface area contributed by atoms with Crippen LogP contribution in [-0.4, -0.2) is 39.6 Å². The van der Waals surface area contributed by atoms with Crippen LogP contribution in [0, 0.1) is 0 Å². The van der Waals surface area contributed by atoms with E-state index >= 15 is 0 Å². The predicted molar refractivity (Wildman–Crippen MR) is 143 cm³/mol. The van der Waals surface area contributed by atoms with E-state index in [0.29, 0.717) is 18.6 Å². The van der Waals surface area contributed by atoms with Crippen molar-refractivity contribution in [3.05, 3.63) is 98.9 Å². The molecule has 1 aliphatic heterocycles. The molecular formula is C29H32N4OS. The van der Waals surface area contributed by atoms with Crippen LogP contribution in [0.2, 0.25) is 0 Å². The van der Waals surface area contributed by atoms with Crippen molar-refractivity contribution >= 4 is 21.6 Å². The molecular weight excluding hydrogens is 452 g/mol. The number of benzene rings is 2. The van der Waals surface area contributed by atoms with Crippen molar-refractivity contribution in [2.45, 2.75) is 57.3 Å². The Bertz CT molecular complexity index is 1340. The highest BCUT2D eigenvalue weighted by Gasteiger charge is 2.28. The van der Waals surface area contributed by atoms with Gasteiger partial charge in [0.1, 0.15) is 4.83 Å². The first-order valence-electron chi connectivity index (χ1n) is 12.8. The third kappa shape index (κ3) is 4.96. The summed E-state index contributed by atoms with van der Waals surface area (Å²) in [6.07, 6.45) is 7.20. The second-order valence-corrected chi connectivity index (χ2v) is 11.1. The number of aryl methyl sites for hydroxylation is 1. The number of hydrogen-bond donors (Lipinski definition) is 1. The maximum absolute atomic E-state index is 13.3. The van der Waals surface area contributed by atoms with Crippen LogP contribution in [0.25, 0.3) is 10.2 Å². The van der Waals surface area contributed by atoms with Crippen LogP contribution >= 0.6 is 11.3 Å². The summed E-state index contributed by atoms with van der Waals surface area (Å²) in [5, 5.41) is 4.82. The summed E-state index contributed by atoms with van der Waals surface area (Å²) in [7, 11) is 0. The van der Waals surface area contributed by atoms with E-state index in [0.717, 1.165) is 54.7 Å². The van der Waals surface area contributed by atoms with Gasteiger partial charge in [-0.1, -0.05) is 60.7 Å². The maximum Gasteiger partial charge on any atom is 0.262 e. The zero-order valence-corrected chi connectivity index (χ0v) is 20.8. The molecule has 1 N–H and O–H groups in total. The van der Waals surface area contributed by atoms with Gasteiger partial charge in [-0.2, -0.15) is 0 Å². The molecule has 1 atom stereocenters. The van der Waals surface area contributed by atoms with E-state index in [1.54, 1.807) is 22.2 Å². The Kier molecular flexibility index (Phi) is 6.51. The summed E-state index contributed by atoms with van der Waals surface area (Å²) >= 11 is 1.72. The van der Waals surface area contributed by atoms with Crippen molar-refractivity contribution in [1.29, 1.82) is 0 Å². The van der Waals surface area contributed by atoms with Gasteiger partial charge in [0.25, 0.3) is 5.56 Å². The average molecular weight is 485 g/mol. The van der Waals surface area contributed by atoms with Gasteiger partial charge in [-0.3, -0.25) is 14.3 Å². The van der Waals surface area contributed by atoms with Gasteiger partial charge in [-0.05, 0) is 61.9 Å². The van der Waals surface area contributed by atoms with Crippen molar-refractivity contribution < 1.29 is 0 Å². The molecule has 1 unspecified atom stereocenters. The number of likely N-dealkylation sites (tertiary alicyclic amines) is 1. The molecule has 6 rings (SSSR count). The standard InChI is InChI=1S/C29H32N4OS/c34-29-27-25-12-11-24(31-23-13-15-32(16-14-23)18-21-7-3-1-4-8-21)17-26(25)35-28(27)30-20-33(29)19-22-9-5-2-6-10-22/h1-10,20,23-24,31H,11-19H2. The number of thiophene rings is 1. The number of aromatic nitrogens is 2. The number of fused-ring (bicyclic) bond motifs is 3. The SMILES string of the molecule is O=c1c2c3c(sc2ncn1Cc1ccccc1)CC(NC1CCN(Cc2ccccc2)CC1)CC3. The van der Waals surface area contributed by atoms with Crippen molar-refractivity contribution in [2.24, 2.45) is 0 Å². The van der Waals surface area contributed by atoms with Gasteiger partial charge in [0.15, 0.2) is 0 Å². The number of piperidine rings is 1. The molecule has 1 aliphatic carbocycles. The molecule has 0 amide bonds. The Morgan fingerprint density at radius 3 is 2.29 bits per heavy atom. The minimum atomic E-state index is 0.105. The van der Waals surface area contributed by atoms with Crippen LogP contribution in [0.5, 0.6) is 0 Å². The highest BCUT2D eigenvalue weighted by atomic mass is 32.1. The van der Waals surface area contributed by atoms with Crippen LogP contribution in [0.1, 0.15) is 40.8 Å². The minimum absolute atomic E-state index is 0.105. The van der Waals surface area contributed by atoms with Crippen LogP contribution in [0.3, 0.4) is 0 Å². The van der Waals surface area contributed by atoms with Crippen LogP contribution < -0.4 is 10.9 Å². The van der Waals surface area contributed by atoms with Crippen molar-refractivity contribution in [3.63, 3.8) is 0 Å². The lowest BCUT2D eigenvalue weighted by Crippen LogP contribution is -2.47. The number of hydrogen-bond acceptors (Lipinski definition) is 5. The molecule has 2 aromatic carbocycles. The topological polar surface area (TPSA) is 50.2 Å². The first-order valence-corrected chi connectivity index (χ1v) is 13.6. The van der Waals surface area contributed by atoms with Gasteiger partial charge in [0, 0.05) is 23.5 Å². The molecule has 0 spiro atoms. The molecule has 6 heteroatoms. The Labute approximate surface area is 210 Å². The number of rotatable bonds is 6. The molecule has 35 heavy (non-hydrogen) atoms. The molecule has 1 fully saturated rings. The molecule has 2 aromatic heterocycles. The van der Waals surface area contributed by atoms with E-state index in [1.165, 1.54) is 28.8 Å². The van der Waals surface area contributed by atoms with Gasteiger partial charge in [-0.25, -0.2) is 4.98 Å². The zero-order chi connectivity index (χ0) is 23.6. The van der Waals surface area contributed by atoms with Gasteiger partial charge in [-0.15, -0.1) is 11.3 Å². The maximum atomic E-state index is 13.3. The molecule has 1 saturated heterocycles. The van der Waals surface area contributed by atoms with E-state index in [9.17, 15) is 4.79 Å². The second-order valence-electron chi connectivity index (χ2n) is 9.99. The Balaban J connectivity index is 1.10. The van der Waals surface area contributed by atoms with Gasteiger partial charge in [0.2, 0.25) is 0 Å². The normalized spacial score (nSPS) is 19.1. The lowest BCUT2D eigenvalue weighted by molar-refractivity contribution is 0.182. The van der Waals surface area contributed by atoms with E-state index in [-0.39, 0.29) is 5.56 Å². The molecule has 0 saturated carbocycles. The largest absolute Gasteiger partial charge is 0.311 e. The lowest BCUT2D eigenvalue weighted by Gasteiger charge is -2.35. The van der Waals surface area contributed by atoms with E-state index in [2.05, 4.69) is 57.7 Å². The molecule has 2 aliphatic rings. The predicted octanol–water partition coefficient (Wildman–Crippen LogP) is 4.62. The first-order chi connectivity index (χ1) is 17.2. The Morgan fingerprint density at radius 1 is 0.886 bits per heavy atom. The summed E-state index contributed by atoms with van der Waals surface area (Å²) in [6.45, 7) is 3.92. The van der Waals surface area contributed by atoms with Gasteiger partial charge < -0.3 is 5.32 Å². The smallest absolute Gasteiger partial charge is 0.262 e. The van der Waals surface area contributed by atoms with Crippen molar-refractivity contribution in [3.8, 4) is 0 Å². The highest BCUT2D eigenvalue weighted by molar-refractivity contribution is 7.18. The second kappa shape index (κ2) is 10.1. The minimum Gasteiger partial charge on any atom is -0.311 e. The fourth-order valence-corrected chi connectivity index (χ4v) is 6.93. The molecule has 4 aromatic rings. The fraction of sp³-hybridized carbons (Fsp3) is 0.379. The van der Waals surface area contributed by atoms with Crippen LogP contribution in [0.4, 0.5) is 0 Å². The van der Waals surface area contributed by atoms with E-state index in [1.807, 2.05) is 18.2 Å². The number of nitrogens with one attached hydrogen (secondary N) is 1. The lowest BCUT2D eigenvalue weighted by atomic mass is 9.91. The Morgan fingerprint density at radius 2 is 1.57 bits per heavy atom. The third-order valence-corrected chi connectivity index (χ3v) is 8.70. The molecule has 0 bridgehead atoms. The quantitative estimate of drug-likeness (QED) is 0.434. The molecule has 0 radical (unpaired) electrons.